The molecule has 4 N–H and O–H groups in total. The van der Waals surface area contributed by atoms with Crippen molar-refractivity contribution in [2.45, 2.75) is 18.4 Å². The van der Waals surface area contributed by atoms with Crippen LogP contribution in [0.2, 0.25) is 0 Å². The van der Waals surface area contributed by atoms with Crippen LogP contribution in [0.1, 0.15) is 18.4 Å². The van der Waals surface area contributed by atoms with Crippen LogP contribution in [0.25, 0.3) is 0 Å². The highest BCUT2D eigenvalue weighted by atomic mass is 19.1. The lowest BCUT2D eigenvalue weighted by Gasteiger charge is -2.11. The molecule has 0 amide bonds. The first-order valence-electron chi connectivity index (χ1n) is 4.07. The van der Waals surface area contributed by atoms with Gasteiger partial charge in [0.05, 0.1) is 0 Å². The molecule has 70 valence electrons. The molecule has 1 aromatic rings. The summed E-state index contributed by atoms with van der Waals surface area (Å²) >= 11 is 0. The number of rotatable bonds is 1. The summed E-state index contributed by atoms with van der Waals surface area (Å²) in [6.07, 6.45) is 1.46. The zero-order chi connectivity index (χ0) is 9.64. The molecule has 0 radical (unpaired) electrons. The number of hydrogen-bond acceptors (Lipinski definition) is 2. The highest BCUT2D eigenvalue weighted by Crippen LogP contribution is 2.44. The Kier molecular flexibility index (Phi) is 1.57. The van der Waals surface area contributed by atoms with Crippen molar-refractivity contribution < 1.29 is 8.78 Å². The van der Waals surface area contributed by atoms with Gasteiger partial charge < -0.3 is 11.5 Å². The summed E-state index contributed by atoms with van der Waals surface area (Å²) in [5.74, 6) is -1.44. The minimum atomic E-state index is -0.731. The van der Waals surface area contributed by atoms with Crippen molar-refractivity contribution in [3.63, 3.8) is 0 Å². The van der Waals surface area contributed by atoms with E-state index in [9.17, 15) is 8.78 Å². The molecule has 0 atom stereocenters. The Bertz CT molecular complexity index is 359. The predicted molar refractivity (Wildman–Crippen MR) is 45.9 cm³/mol. The van der Waals surface area contributed by atoms with E-state index in [0.29, 0.717) is 5.56 Å². The van der Waals surface area contributed by atoms with Crippen LogP contribution >= 0.6 is 0 Å². The molecule has 0 heterocycles. The smallest absolute Gasteiger partial charge is 0.154 e. The Hall–Kier alpha value is -1.16. The number of nitrogens with two attached hydrogens (primary N) is 2. The number of hydrogen-bond donors (Lipinski definition) is 2. The predicted octanol–water partition coefficient (Wildman–Crippen LogP) is 1.49. The van der Waals surface area contributed by atoms with Crippen molar-refractivity contribution >= 4 is 5.69 Å². The highest BCUT2D eigenvalue weighted by molar-refractivity contribution is 5.48. The molecule has 1 aliphatic rings. The maximum absolute atomic E-state index is 13.4. The molecule has 0 unspecified atom stereocenters. The molecule has 1 fully saturated rings. The largest absolute Gasteiger partial charge is 0.394 e. The van der Waals surface area contributed by atoms with Gasteiger partial charge in [0.25, 0.3) is 0 Å². The van der Waals surface area contributed by atoms with Crippen molar-refractivity contribution in [2.24, 2.45) is 5.73 Å². The van der Waals surface area contributed by atoms with Crippen LogP contribution < -0.4 is 11.5 Å². The Morgan fingerprint density at radius 2 is 1.85 bits per heavy atom. The summed E-state index contributed by atoms with van der Waals surface area (Å²) in [7, 11) is 0. The number of benzene rings is 1. The van der Waals surface area contributed by atoms with Gasteiger partial charge in [-0.25, -0.2) is 8.78 Å². The van der Waals surface area contributed by atoms with Crippen molar-refractivity contribution in [1.82, 2.24) is 0 Å². The normalized spacial score (nSPS) is 18.7. The fraction of sp³-hybridized carbons (Fsp3) is 0.333. The molecule has 0 aliphatic heterocycles. The molecular weight excluding hydrogens is 174 g/mol. The van der Waals surface area contributed by atoms with Gasteiger partial charge in [-0.05, 0) is 18.9 Å². The Morgan fingerprint density at radius 1 is 1.23 bits per heavy atom. The average molecular weight is 184 g/mol. The molecule has 0 saturated heterocycles. The first-order valence-corrected chi connectivity index (χ1v) is 4.07. The minimum absolute atomic E-state index is 0.325. The van der Waals surface area contributed by atoms with Crippen LogP contribution in [0.5, 0.6) is 0 Å². The lowest BCUT2D eigenvalue weighted by molar-refractivity contribution is 0.559. The van der Waals surface area contributed by atoms with E-state index in [4.69, 9.17) is 11.5 Å². The zero-order valence-corrected chi connectivity index (χ0v) is 6.98. The van der Waals surface area contributed by atoms with Gasteiger partial charge in [0.15, 0.2) is 5.82 Å². The molecule has 2 nitrogen and oxygen atoms in total. The molecule has 0 aromatic heterocycles. The molecule has 0 spiro atoms. The summed E-state index contributed by atoms with van der Waals surface area (Å²) in [6, 6.07) is 2.52. The van der Waals surface area contributed by atoms with Gasteiger partial charge in [-0.3, -0.25) is 0 Å². The third-order valence-electron chi connectivity index (χ3n) is 2.45. The van der Waals surface area contributed by atoms with E-state index >= 15 is 0 Å². The number of anilines is 1. The third-order valence-corrected chi connectivity index (χ3v) is 2.45. The molecule has 4 heteroatoms. The van der Waals surface area contributed by atoms with E-state index in [2.05, 4.69) is 0 Å². The first kappa shape index (κ1) is 8.44. The number of halogens is 2. The molecule has 2 rings (SSSR count). The summed E-state index contributed by atoms with van der Waals surface area (Å²) in [5, 5.41) is 0. The van der Waals surface area contributed by atoms with Gasteiger partial charge in [-0.1, -0.05) is 6.07 Å². The van der Waals surface area contributed by atoms with Crippen LogP contribution in [-0.4, -0.2) is 0 Å². The standard InChI is InChI=1S/C9H10F2N2/c10-6-2-1-5(7(11)8(6)12)9(13)3-4-9/h1-2H,3-4,12-13H2. The van der Waals surface area contributed by atoms with Crippen LogP contribution in [0.15, 0.2) is 12.1 Å². The van der Waals surface area contributed by atoms with Crippen molar-refractivity contribution in [1.29, 1.82) is 0 Å². The van der Waals surface area contributed by atoms with Crippen molar-refractivity contribution in [3.8, 4) is 0 Å². The van der Waals surface area contributed by atoms with E-state index in [-0.39, 0.29) is 0 Å². The molecule has 0 bridgehead atoms. The quantitative estimate of drug-likeness (QED) is 0.650. The summed E-state index contributed by atoms with van der Waals surface area (Å²) < 4.78 is 26.1. The van der Waals surface area contributed by atoms with Crippen molar-refractivity contribution in [2.75, 3.05) is 5.73 Å². The van der Waals surface area contributed by atoms with E-state index in [1.165, 1.54) is 6.07 Å². The lowest BCUT2D eigenvalue weighted by atomic mass is 10.0. The fourth-order valence-corrected chi connectivity index (χ4v) is 1.36. The molecule has 1 aromatic carbocycles. The van der Waals surface area contributed by atoms with Gasteiger partial charge in [-0.2, -0.15) is 0 Å². The zero-order valence-electron chi connectivity index (χ0n) is 6.98. The summed E-state index contributed by atoms with van der Waals surface area (Å²) in [6.45, 7) is 0. The van der Waals surface area contributed by atoms with E-state index in [1.54, 1.807) is 0 Å². The average Bonchev–Trinajstić information content (AvgIpc) is 2.80. The molecule has 1 aliphatic carbocycles. The SMILES string of the molecule is Nc1c(F)ccc(C2(N)CC2)c1F. The molecule has 13 heavy (non-hydrogen) atoms. The summed E-state index contributed by atoms with van der Waals surface area (Å²) in [4.78, 5) is 0. The van der Waals surface area contributed by atoms with Gasteiger partial charge in [0.2, 0.25) is 0 Å². The topological polar surface area (TPSA) is 52.0 Å². The van der Waals surface area contributed by atoms with Gasteiger partial charge >= 0.3 is 0 Å². The third kappa shape index (κ3) is 1.18. The Balaban J connectivity index is 2.54. The first-order chi connectivity index (χ1) is 6.04. The Morgan fingerprint density at radius 3 is 2.38 bits per heavy atom. The second-order valence-corrected chi connectivity index (χ2v) is 3.48. The van der Waals surface area contributed by atoms with E-state index < -0.39 is 22.9 Å². The second kappa shape index (κ2) is 2.42. The van der Waals surface area contributed by atoms with Crippen LogP contribution in [0.3, 0.4) is 0 Å². The lowest BCUT2D eigenvalue weighted by Crippen LogP contribution is -2.21. The molecular formula is C9H10F2N2. The fourth-order valence-electron chi connectivity index (χ4n) is 1.36. The van der Waals surface area contributed by atoms with Gasteiger partial charge in [-0.15, -0.1) is 0 Å². The van der Waals surface area contributed by atoms with Crippen LogP contribution in [0.4, 0.5) is 14.5 Å². The molecule has 1 saturated carbocycles. The maximum atomic E-state index is 13.4. The van der Waals surface area contributed by atoms with Gasteiger partial charge in [0.1, 0.15) is 11.5 Å². The minimum Gasteiger partial charge on any atom is -0.394 e. The summed E-state index contributed by atoms with van der Waals surface area (Å²) in [5.41, 5.74) is 10.3. The number of nitrogen functional groups attached to an aromatic ring is 1. The van der Waals surface area contributed by atoms with Crippen LogP contribution in [-0.2, 0) is 5.54 Å². The second-order valence-electron chi connectivity index (χ2n) is 3.48. The Labute approximate surface area is 74.5 Å². The van der Waals surface area contributed by atoms with Crippen molar-refractivity contribution in [3.05, 3.63) is 29.3 Å². The highest BCUT2D eigenvalue weighted by Gasteiger charge is 2.42. The van der Waals surface area contributed by atoms with Crippen LogP contribution in [0, 0.1) is 11.6 Å². The van der Waals surface area contributed by atoms with E-state index in [1.807, 2.05) is 0 Å². The monoisotopic (exact) mass is 184 g/mol. The van der Waals surface area contributed by atoms with Gasteiger partial charge in [0, 0.05) is 11.1 Å². The maximum Gasteiger partial charge on any atom is 0.154 e. The van der Waals surface area contributed by atoms with E-state index in [0.717, 1.165) is 18.9 Å².